The first kappa shape index (κ1) is 19.1. The molecular weight excluding hydrogens is 353 g/mol. The summed E-state index contributed by atoms with van der Waals surface area (Å²) in [6.45, 7) is 1.93. The van der Waals surface area contributed by atoms with Crippen LogP contribution in [0.1, 0.15) is 31.2 Å². The minimum atomic E-state index is -3.67. The lowest BCUT2D eigenvalue weighted by Gasteiger charge is -2.31. The van der Waals surface area contributed by atoms with Crippen LogP contribution in [0, 0.1) is 23.1 Å². The van der Waals surface area contributed by atoms with Gasteiger partial charge in [-0.15, -0.1) is 12.4 Å². The molecule has 5 nitrogen and oxygen atoms in total. The molecule has 0 spiro atoms. The third-order valence-electron chi connectivity index (χ3n) is 4.54. The fraction of sp³-hybridized carbons (Fsp3) is 0.562. The topological polar surface area (TPSA) is 73.2 Å². The molecule has 0 atom stereocenters. The van der Waals surface area contributed by atoms with Crippen molar-refractivity contribution in [3.05, 3.63) is 29.6 Å². The van der Waals surface area contributed by atoms with Crippen molar-refractivity contribution in [1.82, 2.24) is 9.62 Å². The van der Waals surface area contributed by atoms with Crippen molar-refractivity contribution < 1.29 is 12.8 Å². The van der Waals surface area contributed by atoms with Crippen LogP contribution >= 0.6 is 12.4 Å². The van der Waals surface area contributed by atoms with E-state index in [2.05, 4.69) is 5.32 Å². The maximum absolute atomic E-state index is 13.4. The van der Waals surface area contributed by atoms with E-state index in [9.17, 15) is 12.8 Å². The van der Waals surface area contributed by atoms with Gasteiger partial charge in [-0.3, -0.25) is 0 Å². The summed E-state index contributed by atoms with van der Waals surface area (Å²) in [6.07, 6.45) is 4.15. The van der Waals surface area contributed by atoms with Gasteiger partial charge in [0.05, 0.1) is 10.5 Å². The van der Waals surface area contributed by atoms with Crippen molar-refractivity contribution in [2.75, 3.05) is 19.6 Å². The predicted octanol–water partition coefficient (Wildman–Crippen LogP) is 2.27. The minimum Gasteiger partial charge on any atom is -0.314 e. The molecule has 1 aliphatic carbocycles. The van der Waals surface area contributed by atoms with E-state index in [1.54, 1.807) is 6.07 Å². The first-order valence-electron chi connectivity index (χ1n) is 7.94. The Bertz CT molecular complexity index is 723. The number of sulfonamides is 1. The molecular formula is C16H21ClFN3O2S. The summed E-state index contributed by atoms with van der Waals surface area (Å²) in [4.78, 5) is -0.0140. The fourth-order valence-corrected chi connectivity index (χ4v) is 4.35. The quantitative estimate of drug-likeness (QED) is 0.859. The van der Waals surface area contributed by atoms with E-state index in [1.807, 2.05) is 0 Å². The third-order valence-corrected chi connectivity index (χ3v) is 6.44. The van der Waals surface area contributed by atoms with Crippen molar-refractivity contribution in [2.24, 2.45) is 5.92 Å². The Kier molecular flexibility index (Phi) is 6.21. The maximum Gasteiger partial charge on any atom is 0.243 e. The number of halogens is 2. The van der Waals surface area contributed by atoms with Crippen molar-refractivity contribution in [3.63, 3.8) is 0 Å². The average Bonchev–Trinajstić information content (AvgIpc) is 3.38. The van der Waals surface area contributed by atoms with Gasteiger partial charge in [0.1, 0.15) is 11.9 Å². The molecule has 1 saturated carbocycles. The first-order valence-corrected chi connectivity index (χ1v) is 9.38. The maximum atomic E-state index is 13.4. The number of nitriles is 1. The zero-order valence-electron chi connectivity index (χ0n) is 13.2. The smallest absolute Gasteiger partial charge is 0.243 e. The van der Waals surface area contributed by atoms with Crippen LogP contribution in [0.15, 0.2) is 23.1 Å². The summed E-state index contributed by atoms with van der Waals surface area (Å²) in [5.74, 6) is 0.106. The van der Waals surface area contributed by atoms with Gasteiger partial charge in [0, 0.05) is 19.1 Å². The molecule has 1 saturated heterocycles. The molecule has 0 unspecified atom stereocenters. The van der Waals surface area contributed by atoms with Gasteiger partial charge in [0.15, 0.2) is 0 Å². The van der Waals surface area contributed by atoms with E-state index in [-0.39, 0.29) is 22.9 Å². The lowest BCUT2D eigenvalue weighted by atomic mass is 10.1. The largest absolute Gasteiger partial charge is 0.314 e. The number of hydrogen-bond acceptors (Lipinski definition) is 4. The average molecular weight is 374 g/mol. The predicted molar refractivity (Wildman–Crippen MR) is 90.9 cm³/mol. The number of nitrogens with zero attached hydrogens (tertiary/aromatic N) is 2. The van der Waals surface area contributed by atoms with Crippen LogP contribution in [-0.2, 0) is 10.0 Å². The van der Waals surface area contributed by atoms with Crippen molar-refractivity contribution in [3.8, 4) is 6.07 Å². The van der Waals surface area contributed by atoms with Crippen LogP contribution in [0.5, 0.6) is 0 Å². The Morgan fingerprint density at radius 2 is 1.92 bits per heavy atom. The second-order valence-electron chi connectivity index (χ2n) is 6.28. The van der Waals surface area contributed by atoms with Crippen LogP contribution < -0.4 is 5.32 Å². The Balaban J connectivity index is 0.00000208. The molecule has 1 heterocycles. The van der Waals surface area contributed by atoms with E-state index in [4.69, 9.17) is 5.26 Å². The second kappa shape index (κ2) is 7.79. The summed E-state index contributed by atoms with van der Waals surface area (Å²) < 4.78 is 40.0. The summed E-state index contributed by atoms with van der Waals surface area (Å²) in [7, 11) is -3.67. The van der Waals surface area contributed by atoms with Crippen molar-refractivity contribution in [2.45, 2.75) is 36.6 Å². The minimum absolute atomic E-state index is 0. The van der Waals surface area contributed by atoms with Crippen LogP contribution in [0.3, 0.4) is 0 Å². The van der Waals surface area contributed by atoms with Crippen LogP contribution in [0.4, 0.5) is 4.39 Å². The fourth-order valence-electron chi connectivity index (χ4n) is 2.86. The zero-order chi connectivity index (χ0) is 16.4. The summed E-state index contributed by atoms with van der Waals surface area (Å²) in [6, 6.07) is 5.42. The Hall–Kier alpha value is -1.20. The SMILES string of the molecule is Cl.N#Cc1cc(S(=O)(=O)N2CCC(NCC3CC3)CC2)ccc1F. The highest BCUT2D eigenvalue weighted by Gasteiger charge is 2.30. The van der Waals surface area contributed by atoms with Crippen molar-refractivity contribution >= 4 is 22.4 Å². The van der Waals surface area contributed by atoms with E-state index < -0.39 is 15.8 Å². The molecule has 0 amide bonds. The highest BCUT2D eigenvalue weighted by molar-refractivity contribution is 7.89. The van der Waals surface area contributed by atoms with E-state index in [0.29, 0.717) is 19.1 Å². The Labute approximate surface area is 148 Å². The highest BCUT2D eigenvalue weighted by atomic mass is 35.5. The van der Waals surface area contributed by atoms with Gasteiger partial charge in [-0.2, -0.15) is 9.57 Å². The van der Waals surface area contributed by atoms with E-state index >= 15 is 0 Å². The Morgan fingerprint density at radius 1 is 1.25 bits per heavy atom. The van der Waals surface area contributed by atoms with E-state index in [1.165, 1.54) is 23.2 Å². The standard InChI is InChI=1S/C16H20FN3O2S.ClH/c17-16-4-3-15(9-13(16)10-18)23(21,22)20-7-5-14(6-8-20)19-11-12-1-2-12;/h3-4,9,12,14,19H,1-2,5-8,11H2;1H. The summed E-state index contributed by atoms with van der Waals surface area (Å²) in [5.41, 5.74) is -0.243. The number of nitrogens with one attached hydrogen (secondary N) is 1. The lowest BCUT2D eigenvalue weighted by Crippen LogP contribution is -2.45. The summed E-state index contributed by atoms with van der Waals surface area (Å²) >= 11 is 0. The lowest BCUT2D eigenvalue weighted by molar-refractivity contribution is 0.288. The second-order valence-corrected chi connectivity index (χ2v) is 8.22. The molecule has 0 bridgehead atoms. The van der Waals surface area contributed by atoms with Gasteiger partial charge < -0.3 is 5.32 Å². The highest BCUT2D eigenvalue weighted by Crippen LogP contribution is 2.28. The molecule has 1 N–H and O–H groups in total. The monoisotopic (exact) mass is 373 g/mol. The van der Waals surface area contributed by atoms with Gasteiger partial charge in [-0.25, -0.2) is 12.8 Å². The van der Waals surface area contributed by atoms with Crippen LogP contribution in [-0.4, -0.2) is 38.4 Å². The zero-order valence-corrected chi connectivity index (χ0v) is 14.9. The molecule has 2 fully saturated rings. The van der Waals surface area contributed by atoms with Crippen molar-refractivity contribution in [1.29, 1.82) is 5.26 Å². The van der Waals surface area contributed by atoms with Gasteiger partial charge in [0.25, 0.3) is 0 Å². The first-order chi connectivity index (χ1) is 11.0. The van der Waals surface area contributed by atoms with E-state index in [0.717, 1.165) is 37.4 Å². The molecule has 2 aliphatic rings. The van der Waals surface area contributed by atoms with Gasteiger partial charge in [0.2, 0.25) is 10.0 Å². The number of piperidine rings is 1. The molecule has 1 aromatic carbocycles. The molecule has 24 heavy (non-hydrogen) atoms. The van der Waals surface area contributed by atoms with Gasteiger partial charge in [-0.1, -0.05) is 0 Å². The molecule has 132 valence electrons. The molecule has 3 rings (SSSR count). The summed E-state index contributed by atoms with van der Waals surface area (Å²) in [5, 5.41) is 12.4. The van der Waals surface area contributed by atoms with Crippen LogP contribution in [0.25, 0.3) is 0 Å². The number of hydrogen-bond donors (Lipinski definition) is 1. The Morgan fingerprint density at radius 3 is 2.50 bits per heavy atom. The molecule has 0 radical (unpaired) electrons. The van der Waals surface area contributed by atoms with Gasteiger partial charge >= 0.3 is 0 Å². The number of rotatable bonds is 5. The number of benzene rings is 1. The molecule has 8 heteroatoms. The van der Waals surface area contributed by atoms with Crippen LogP contribution in [0.2, 0.25) is 0 Å². The van der Waals surface area contributed by atoms with Gasteiger partial charge in [-0.05, 0) is 56.3 Å². The molecule has 1 aromatic rings. The molecule has 0 aromatic heterocycles. The third kappa shape index (κ3) is 4.25. The molecule has 1 aliphatic heterocycles. The normalized spacial score (nSPS) is 19.5.